The molecule has 3 rings (SSSR count). The summed E-state index contributed by atoms with van der Waals surface area (Å²) in [4.78, 5) is 1.22. The summed E-state index contributed by atoms with van der Waals surface area (Å²) in [5, 5.41) is 9.62. The molecular formula is C19H18N2O2S2. The van der Waals surface area contributed by atoms with Crippen LogP contribution in [0.25, 0.3) is 10.1 Å². The highest BCUT2D eigenvalue weighted by Gasteiger charge is 2.26. The molecule has 0 unspecified atom stereocenters. The van der Waals surface area contributed by atoms with Crippen LogP contribution in [0, 0.1) is 18.3 Å². The maximum atomic E-state index is 13.0. The Hall–Kier alpha value is -2.20. The number of thiophene rings is 1. The first-order valence-corrected chi connectivity index (χ1v) is 10.1. The third-order valence-corrected chi connectivity index (χ3v) is 7.44. The van der Waals surface area contributed by atoms with E-state index in [0.717, 1.165) is 20.5 Å². The standard InChI is InChI=1S/C19H18N2O2S2/c1-14-19(17-5-3-4-6-18(17)24-14)25(22,23)21(2)12-11-15-7-9-16(13-20)10-8-15/h3-10H,11-12H2,1-2H3. The number of benzene rings is 2. The molecule has 0 amide bonds. The zero-order valence-corrected chi connectivity index (χ0v) is 15.7. The SMILES string of the molecule is Cc1sc2ccccc2c1S(=O)(=O)N(C)CCc1ccc(C#N)cc1. The summed E-state index contributed by atoms with van der Waals surface area (Å²) in [6.07, 6.45) is 0.600. The second kappa shape index (κ2) is 6.96. The molecule has 6 heteroatoms. The Morgan fingerprint density at radius 3 is 2.48 bits per heavy atom. The molecule has 0 aliphatic carbocycles. The van der Waals surface area contributed by atoms with Gasteiger partial charge >= 0.3 is 0 Å². The Bertz CT molecular complexity index is 1050. The van der Waals surface area contributed by atoms with Gasteiger partial charge in [-0.25, -0.2) is 12.7 Å². The number of aryl methyl sites for hydroxylation is 1. The van der Waals surface area contributed by atoms with Crippen molar-refractivity contribution in [3.05, 3.63) is 64.5 Å². The Morgan fingerprint density at radius 2 is 1.80 bits per heavy atom. The molecular weight excluding hydrogens is 352 g/mol. The molecule has 1 heterocycles. The van der Waals surface area contributed by atoms with Gasteiger partial charge in [-0.15, -0.1) is 11.3 Å². The van der Waals surface area contributed by atoms with E-state index in [1.54, 1.807) is 19.2 Å². The van der Waals surface area contributed by atoms with Crippen LogP contribution in [0.15, 0.2) is 53.4 Å². The van der Waals surface area contributed by atoms with Crippen molar-refractivity contribution in [2.24, 2.45) is 0 Å². The lowest BCUT2D eigenvalue weighted by atomic mass is 10.1. The van der Waals surface area contributed by atoms with Crippen LogP contribution in [-0.4, -0.2) is 26.3 Å². The quantitative estimate of drug-likeness (QED) is 0.683. The number of sulfonamides is 1. The minimum Gasteiger partial charge on any atom is -0.207 e. The Kier molecular flexibility index (Phi) is 4.91. The van der Waals surface area contributed by atoms with Gasteiger partial charge in [-0.2, -0.15) is 5.26 Å². The maximum absolute atomic E-state index is 13.0. The molecule has 1 aromatic heterocycles. The number of fused-ring (bicyclic) bond motifs is 1. The number of hydrogen-bond donors (Lipinski definition) is 0. The van der Waals surface area contributed by atoms with E-state index in [1.807, 2.05) is 43.3 Å². The van der Waals surface area contributed by atoms with E-state index in [-0.39, 0.29) is 0 Å². The summed E-state index contributed by atoms with van der Waals surface area (Å²) in [5.74, 6) is 0. The average Bonchev–Trinajstić information content (AvgIpc) is 2.96. The first-order valence-electron chi connectivity index (χ1n) is 7.87. The van der Waals surface area contributed by atoms with E-state index in [2.05, 4.69) is 6.07 Å². The van der Waals surface area contributed by atoms with Crippen molar-refractivity contribution in [2.75, 3.05) is 13.6 Å². The van der Waals surface area contributed by atoms with E-state index < -0.39 is 10.0 Å². The highest BCUT2D eigenvalue weighted by molar-refractivity contribution is 7.89. The van der Waals surface area contributed by atoms with Crippen molar-refractivity contribution in [3.8, 4) is 6.07 Å². The van der Waals surface area contributed by atoms with Gasteiger partial charge in [-0.3, -0.25) is 0 Å². The van der Waals surface area contributed by atoms with Gasteiger partial charge in [-0.1, -0.05) is 30.3 Å². The van der Waals surface area contributed by atoms with Crippen molar-refractivity contribution in [3.63, 3.8) is 0 Å². The van der Waals surface area contributed by atoms with Crippen LogP contribution in [0.5, 0.6) is 0 Å². The second-order valence-corrected chi connectivity index (χ2v) is 9.11. The molecule has 0 saturated heterocycles. The molecule has 25 heavy (non-hydrogen) atoms. The predicted octanol–water partition coefficient (Wildman–Crippen LogP) is 3.94. The van der Waals surface area contributed by atoms with Gasteiger partial charge in [0, 0.05) is 28.6 Å². The third kappa shape index (κ3) is 3.45. The maximum Gasteiger partial charge on any atom is 0.244 e. The van der Waals surface area contributed by atoms with Crippen molar-refractivity contribution in [2.45, 2.75) is 18.2 Å². The van der Waals surface area contributed by atoms with Crippen LogP contribution >= 0.6 is 11.3 Å². The lowest BCUT2D eigenvalue weighted by Gasteiger charge is -2.17. The van der Waals surface area contributed by atoms with E-state index in [0.29, 0.717) is 23.4 Å². The molecule has 0 saturated carbocycles. The average molecular weight is 370 g/mol. The number of nitrogens with zero attached hydrogens (tertiary/aromatic N) is 2. The van der Waals surface area contributed by atoms with E-state index in [9.17, 15) is 8.42 Å². The summed E-state index contributed by atoms with van der Waals surface area (Å²) in [5.41, 5.74) is 1.61. The summed E-state index contributed by atoms with van der Waals surface area (Å²) < 4.78 is 28.5. The molecule has 2 aromatic carbocycles. The van der Waals surface area contributed by atoms with Gasteiger partial charge in [0.1, 0.15) is 4.90 Å². The third-order valence-electron chi connectivity index (χ3n) is 4.18. The zero-order chi connectivity index (χ0) is 18.0. The minimum atomic E-state index is -3.54. The van der Waals surface area contributed by atoms with Crippen molar-refractivity contribution in [1.29, 1.82) is 5.26 Å². The number of likely N-dealkylation sites (N-methyl/N-ethyl adjacent to an activating group) is 1. The van der Waals surface area contributed by atoms with Crippen molar-refractivity contribution in [1.82, 2.24) is 4.31 Å². The van der Waals surface area contributed by atoms with Crippen LogP contribution < -0.4 is 0 Å². The second-order valence-electron chi connectivity index (χ2n) is 5.87. The largest absolute Gasteiger partial charge is 0.244 e. The molecule has 0 fully saturated rings. The lowest BCUT2D eigenvalue weighted by molar-refractivity contribution is 0.473. The monoisotopic (exact) mass is 370 g/mol. The van der Waals surface area contributed by atoms with Gasteiger partial charge in [0.05, 0.1) is 11.6 Å². The molecule has 0 spiro atoms. The van der Waals surface area contributed by atoms with Gasteiger partial charge in [0.25, 0.3) is 0 Å². The molecule has 0 bridgehead atoms. The van der Waals surface area contributed by atoms with Crippen LogP contribution in [0.1, 0.15) is 16.0 Å². The molecule has 3 aromatic rings. The van der Waals surface area contributed by atoms with Gasteiger partial charge in [0.15, 0.2) is 0 Å². The predicted molar refractivity (Wildman–Crippen MR) is 101 cm³/mol. The molecule has 0 atom stereocenters. The lowest BCUT2D eigenvalue weighted by Crippen LogP contribution is -2.29. The Balaban J connectivity index is 1.83. The normalized spacial score (nSPS) is 11.8. The van der Waals surface area contributed by atoms with E-state index in [4.69, 9.17) is 5.26 Å². The summed E-state index contributed by atoms with van der Waals surface area (Å²) >= 11 is 1.51. The van der Waals surface area contributed by atoms with Gasteiger partial charge < -0.3 is 0 Å². The van der Waals surface area contributed by atoms with E-state index >= 15 is 0 Å². The topological polar surface area (TPSA) is 61.2 Å². The molecule has 128 valence electrons. The highest BCUT2D eigenvalue weighted by atomic mass is 32.2. The zero-order valence-electron chi connectivity index (χ0n) is 14.1. The summed E-state index contributed by atoms with van der Waals surface area (Å²) in [7, 11) is -1.93. The van der Waals surface area contributed by atoms with Crippen LogP contribution in [0.2, 0.25) is 0 Å². The molecule has 4 nitrogen and oxygen atoms in total. The number of hydrogen-bond acceptors (Lipinski definition) is 4. The number of nitriles is 1. The first kappa shape index (κ1) is 17.6. The summed E-state index contributed by atoms with van der Waals surface area (Å²) in [6.45, 7) is 2.24. The fourth-order valence-corrected chi connectivity index (χ4v) is 5.70. The van der Waals surface area contributed by atoms with Gasteiger partial charge in [-0.05, 0) is 37.1 Å². The first-order chi connectivity index (χ1) is 11.9. The van der Waals surface area contributed by atoms with Crippen molar-refractivity contribution >= 4 is 31.4 Å². The highest BCUT2D eigenvalue weighted by Crippen LogP contribution is 2.35. The number of rotatable bonds is 5. The van der Waals surface area contributed by atoms with Crippen LogP contribution in [0.4, 0.5) is 0 Å². The van der Waals surface area contributed by atoms with Gasteiger partial charge in [0.2, 0.25) is 10.0 Å². The Labute approximate surface area is 152 Å². The summed E-state index contributed by atoms with van der Waals surface area (Å²) in [6, 6.07) is 16.9. The molecule has 0 N–H and O–H groups in total. The molecule has 0 aliphatic heterocycles. The minimum absolute atomic E-state index is 0.387. The van der Waals surface area contributed by atoms with E-state index in [1.165, 1.54) is 15.6 Å². The molecule has 0 radical (unpaired) electrons. The Morgan fingerprint density at radius 1 is 1.12 bits per heavy atom. The molecule has 0 aliphatic rings. The smallest absolute Gasteiger partial charge is 0.207 e. The fraction of sp³-hybridized carbons (Fsp3) is 0.211. The van der Waals surface area contributed by atoms with Crippen molar-refractivity contribution < 1.29 is 8.42 Å². The van der Waals surface area contributed by atoms with Crippen LogP contribution in [0.3, 0.4) is 0 Å². The van der Waals surface area contributed by atoms with Crippen LogP contribution in [-0.2, 0) is 16.4 Å². The fourth-order valence-electron chi connectivity index (χ4n) is 2.77.